The van der Waals surface area contributed by atoms with Crippen LogP contribution >= 0.6 is 0 Å². The summed E-state index contributed by atoms with van der Waals surface area (Å²) >= 11 is 0. The molecule has 0 unspecified atom stereocenters. The number of hydrogen-bond acceptors (Lipinski definition) is 9. The highest BCUT2D eigenvalue weighted by atomic mass is 32.2. The molecule has 0 saturated heterocycles. The fraction of sp³-hybridized carbons (Fsp3) is 0.481. The maximum Gasteiger partial charge on any atom is 0.326 e. The number of benzene rings is 1. The summed E-state index contributed by atoms with van der Waals surface area (Å²) in [6, 6.07) is 6.28. The Kier molecular flexibility index (Phi) is 9.54. The second-order valence-corrected chi connectivity index (χ2v) is 13.0. The van der Waals surface area contributed by atoms with Gasteiger partial charge in [0, 0.05) is 31.3 Å². The number of aromatic nitrogens is 4. The van der Waals surface area contributed by atoms with Crippen LogP contribution in [0.15, 0.2) is 53.9 Å². The van der Waals surface area contributed by atoms with E-state index in [9.17, 15) is 18.0 Å². The molecule has 2 N–H and O–H groups in total. The van der Waals surface area contributed by atoms with Crippen LogP contribution in [0.4, 0.5) is 0 Å². The van der Waals surface area contributed by atoms with Crippen molar-refractivity contribution in [3.05, 3.63) is 66.3 Å². The third-order valence-corrected chi connectivity index (χ3v) is 6.36. The first-order valence-electron chi connectivity index (χ1n) is 12.8. The van der Waals surface area contributed by atoms with Gasteiger partial charge in [-0.25, -0.2) is 23.5 Å². The summed E-state index contributed by atoms with van der Waals surface area (Å²) < 4.78 is 37.7. The number of sulfonamides is 1. The minimum atomic E-state index is -3.82. The Hall–Kier alpha value is -3.55. The van der Waals surface area contributed by atoms with Gasteiger partial charge < -0.3 is 18.6 Å². The molecule has 0 radical (unpaired) electrons. The molecule has 0 saturated carbocycles. The van der Waals surface area contributed by atoms with Crippen LogP contribution in [-0.4, -0.2) is 55.6 Å². The van der Waals surface area contributed by atoms with Gasteiger partial charge in [-0.1, -0.05) is 12.1 Å². The van der Waals surface area contributed by atoms with Crippen molar-refractivity contribution in [2.75, 3.05) is 0 Å². The van der Waals surface area contributed by atoms with E-state index in [1.54, 1.807) is 46.1 Å². The van der Waals surface area contributed by atoms with E-state index in [2.05, 4.69) is 9.97 Å². The fourth-order valence-electron chi connectivity index (χ4n) is 3.91. The Bertz CT molecular complexity index is 1340. The monoisotopic (exact) mass is 574 g/mol. The standard InChI is InChI=1S/C27H38N6O6S/c1-26(2,3)38-24(34)18-32-13-11-29-22(32)16-31(15-20-7-9-21(10-8-20)40(28,36)37)17-23-30-12-14-33(23)19-25(35)39-27(4,5)6/h7-14H,15-19H2,1-6H3,(H2,28,36,37). The first-order valence-corrected chi connectivity index (χ1v) is 14.3. The molecular formula is C27H38N6O6S. The van der Waals surface area contributed by atoms with E-state index < -0.39 is 21.2 Å². The molecule has 3 aromatic rings. The summed E-state index contributed by atoms with van der Waals surface area (Å²) in [6.07, 6.45) is 6.65. The number of hydrogen-bond donors (Lipinski definition) is 1. The van der Waals surface area contributed by atoms with E-state index in [0.717, 1.165) is 5.56 Å². The summed E-state index contributed by atoms with van der Waals surface area (Å²) in [5, 5.41) is 5.24. The van der Waals surface area contributed by atoms with Gasteiger partial charge in [0.05, 0.1) is 18.0 Å². The number of esters is 2. The van der Waals surface area contributed by atoms with Crippen LogP contribution in [0.1, 0.15) is 58.8 Å². The van der Waals surface area contributed by atoms with Crippen molar-refractivity contribution >= 4 is 22.0 Å². The Balaban J connectivity index is 1.84. The number of rotatable bonds is 11. The highest BCUT2D eigenvalue weighted by molar-refractivity contribution is 7.89. The van der Waals surface area contributed by atoms with Crippen molar-refractivity contribution < 1.29 is 27.5 Å². The molecule has 13 heteroatoms. The lowest BCUT2D eigenvalue weighted by Gasteiger charge is -2.24. The zero-order valence-electron chi connectivity index (χ0n) is 23.8. The fourth-order valence-corrected chi connectivity index (χ4v) is 4.42. The van der Waals surface area contributed by atoms with Crippen molar-refractivity contribution in [2.24, 2.45) is 5.14 Å². The number of nitrogens with two attached hydrogens (primary N) is 1. The molecule has 12 nitrogen and oxygen atoms in total. The van der Waals surface area contributed by atoms with E-state index in [1.165, 1.54) is 12.1 Å². The van der Waals surface area contributed by atoms with Gasteiger partial charge in [0.25, 0.3) is 0 Å². The topological polar surface area (TPSA) is 152 Å². The average Bonchev–Trinajstić information content (AvgIpc) is 3.40. The van der Waals surface area contributed by atoms with Crippen molar-refractivity contribution in [1.29, 1.82) is 0 Å². The number of ether oxygens (including phenoxy) is 2. The molecule has 3 rings (SSSR count). The molecular weight excluding hydrogens is 536 g/mol. The third-order valence-electron chi connectivity index (χ3n) is 5.43. The van der Waals surface area contributed by atoms with Gasteiger partial charge in [0.1, 0.15) is 35.9 Å². The highest BCUT2D eigenvalue weighted by Gasteiger charge is 2.21. The van der Waals surface area contributed by atoms with Crippen molar-refractivity contribution in [1.82, 2.24) is 24.0 Å². The van der Waals surface area contributed by atoms with Gasteiger partial charge >= 0.3 is 11.9 Å². The van der Waals surface area contributed by atoms with Crippen LogP contribution in [0.2, 0.25) is 0 Å². The van der Waals surface area contributed by atoms with Crippen LogP contribution in [-0.2, 0) is 61.8 Å². The molecule has 0 aliphatic rings. The second-order valence-electron chi connectivity index (χ2n) is 11.4. The van der Waals surface area contributed by atoms with Gasteiger partial charge in [-0.3, -0.25) is 14.5 Å². The summed E-state index contributed by atoms with van der Waals surface area (Å²) in [4.78, 5) is 35.9. The summed E-state index contributed by atoms with van der Waals surface area (Å²) in [5.74, 6) is 0.476. The van der Waals surface area contributed by atoms with Gasteiger partial charge in [-0.05, 0) is 59.2 Å². The molecule has 0 amide bonds. The largest absolute Gasteiger partial charge is 0.459 e. The molecule has 0 atom stereocenters. The van der Waals surface area contributed by atoms with E-state index in [0.29, 0.717) is 31.3 Å². The smallest absolute Gasteiger partial charge is 0.326 e. The SMILES string of the molecule is CC(C)(C)OC(=O)Cn1ccnc1CN(Cc1ccc(S(N)(=O)=O)cc1)Cc1nccn1CC(=O)OC(C)(C)C. The second kappa shape index (κ2) is 12.3. The van der Waals surface area contributed by atoms with Gasteiger partial charge in [0.15, 0.2) is 0 Å². The molecule has 2 heterocycles. The Morgan fingerprint density at radius 1 is 0.800 bits per heavy atom. The molecule has 0 fully saturated rings. The Labute approximate surface area is 235 Å². The highest BCUT2D eigenvalue weighted by Crippen LogP contribution is 2.17. The molecule has 0 bridgehead atoms. The van der Waals surface area contributed by atoms with Crippen molar-refractivity contribution in [3.8, 4) is 0 Å². The molecule has 0 spiro atoms. The molecule has 40 heavy (non-hydrogen) atoms. The van der Waals surface area contributed by atoms with E-state index >= 15 is 0 Å². The van der Waals surface area contributed by atoms with E-state index in [4.69, 9.17) is 14.6 Å². The van der Waals surface area contributed by atoms with Crippen molar-refractivity contribution in [2.45, 2.75) is 90.4 Å². The van der Waals surface area contributed by atoms with Crippen molar-refractivity contribution in [3.63, 3.8) is 0 Å². The average molecular weight is 575 g/mol. The molecule has 2 aromatic heterocycles. The van der Waals surface area contributed by atoms with Gasteiger partial charge in [-0.15, -0.1) is 0 Å². The maximum atomic E-state index is 12.5. The predicted octanol–water partition coefficient (Wildman–Crippen LogP) is 2.61. The van der Waals surface area contributed by atoms with Crippen LogP contribution in [0.25, 0.3) is 0 Å². The number of carbonyl (C=O) groups is 2. The molecule has 1 aromatic carbocycles. The Morgan fingerprint density at radius 2 is 1.23 bits per heavy atom. The summed E-state index contributed by atoms with van der Waals surface area (Å²) in [7, 11) is -3.82. The van der Waals surface area contributed by atoms with Crippen LogP contribution in [0, 0.1) is 0 Å². The first kappa shape index (κ1) is 31.0. The van der Waals surface area contributed by atoms with Gasteiger partial charge in [0.2, 0.25) is 10.0 Å². The lowest BCUT2D eigenvalue weighted by Crippen LogP contribution is -2.30. The number of nitrogens with zero attached hydrogens (tertiary/aromatic N) is 5. The third kappa shape index (κ3) is 9.88. The maximum absolute atomic E-state index is 12.5. The predicted molar refractivity (Wildman–Crippen MR) is 147 cm³/mol. The Morgan fingerprint density at radius 3 is 1.60 bits per heavy atom. The summed E-state index contributed by atoms with van der Waals surface area (Å²) in [6.45, 7) is 11.9. The van der Waals surface area contributed by atoms with E-state index in [-0.39, 0.29) is 29.9 Å². The van der Waals surface area contributed by atoms with Gasteiger partial charge in [-0.2, -0.15) is 0 Å². The van der Waals surface area contributed by atoms with Crippen LogP contribution in [0.3, 0.4) is 0 Å². The zero-order chi connectivity index (χ0) is 29.7. The van der Waals surface area contributed by atoms with E-state index in [1.807, 2.05) is 46.4 Å². The zero-order valence-corrected chi connectivity index (χ0v) is 24.6. The number of primary sulfonamides is 1. The lowest BCUT2D eigenvalue weighted by atomic mass is 10.2. The first-order chi connectivity index (χ1) is 18.5. The summed E-state index contributed by atoms with van der Waals surface area (Å²) in [5.41, 5.74) is -0.404. The minimum Gasteiger partial charge on any atom is -0.459 e. The lowest BCUT2D eigenvalue weighted by molar-refractivity contribution is -0.156. The number of carbonyl (C=O) groups excluding carboxylic acids is 2. The minimum absolute atomic E-state index is 0.00320. The quantitative estimate of drug-likeness (QED) is 0.341. The molecule has 218 valence electrons. The number of imidazole rings is 2. The van der Waals surface area contributed by atoms with Crippen LogP contribution in [0.5, 0.6) is 0 Å². The molecule has 0 aliphatic carbocycles. The van der Waals surface area contributed by atoms with Crippen LogP contribution < -0.4 is 5.14 Å². The molecule has 0 aliphatic heterocycles. The normalized spacial score (nSPS) is 12.5.